The van der Waals surface area contributed by atoms with Crippen molar-refractivity contribution in [2.24, 2.45) is 5.92 Å². The van der Waals surface area contributed by atoms with Gasteiger partial charge >= 0.3 is 57.4 Å². The molecular formula is C12H20KNO3. The third-order valence-corrected chi connectivity index (χ3v) is 2.27. The Bertz CT molecular complexity index is 256. The summed E-state index contributed by atoms with van der Waals surface area (Å²) in [7, 11) is 0. The fourth-order valence-corrected chi connectivity index (χ4v) is 1.28. The van der Waals surface area contributed by atoms with E-state index in [2.05, 4.69) is 6.92 Å². The first-order valence-corrected chi connectivity index (χ1v) is 5.77. The molecule has 0 saturated carbocycles. The standard InChI is InChI=1S/C12H19NO3.K.H/c1-2-3-4-5-6-7-8-16-12(15)11(9-13)10-14;;/h10-11H,2-8H2,1H3;;/q;+1;-1. The van der Waals surface area contributed by atoms with Gasteiger partial charge in [0, 0.05) is 0 Å². The van der Waals surface area contributed by atoms with Gasteiger partial charge in [0.05, 0.1) is 12.7 Å². The summed E-state index contributed by atoms with van der Waals surface area (Å²) in [4.78, 5) is 21.3. The minimum Gasteiger partial charge on any atom is -1.00 e. The van der Waals surface area contributed by atoms with E-state index in [0.29, 0.717) is 12.9 Å². The van der Waals surface area contributed by atoms with Crippen LogP contribution in [0.4, 0.5) is 0 Å². The van der Waals surface area contributed by atoms with Gasteiger partial charge in [0.25, 0.3) is 0 Å². The van der Waals surface area contributed by atoms with Gasteiger partial charge in [-0.1, -0.05) is 39.0 Å². The van der Waals surface area contributed by atoms with Gasteiger partial charge in [-0.3, -0.25) is 4.79 Å². The molecule has 0 aromatic heterocycles. The van der Waals surface area contributed by atoms with E-state index in [9.17, 15) is 9.59 Å². The minimum atomic E-state index is -1.26. The fraction of sp³-hybridized carbons (Fsp3) is 0.750. The zero-order chi connectivity index (χ0) is 12.2. The number of aldehydes is 1. The number of nitriles is 1. The summed E-state index contributed by atoms with van der Waals surface area (Å²) in [5.74, 6) is -1.99. The monoisotopic (exact) mass is 265 g/mol. The van der Waals surface area contributed by atoms with Crippen molar-refractivity contribution in [3.8, 4) is 6.07 Å². The van der Waals surface area contributed by atoms with Crippen molar-refractivity contribution in [1.29, 1.82) is 5.26 Å². The maximum absolute atomic E-state index is 11.1. The average Bonchev–Trinajstić information content (AvgIpc) is 2.29. The molecule has 0 saturated heterocycles. The van der Waals surface area contributed by atoms with Crippen LogP contribution in [0.1, 0.15) is 46.9 Å². The Kier molecular flexibility index (Phi) is 16.5. The second-order valence-electron chi connectivity index (χ2n) is 3.68. The van der Waals surface area contributed by atoms with Crippen molar-refractivity contribution in [3.05, 3.63) is 0 Å². The molecule has 1 unspecified atom stereocenters. The Morgan fingerprint density at radius 2 is 1.94 bits per heavy atom. The van der Waals surface area contributed by atoms with Gasteiger partial charge < -0.3 is 11.0 Å². The number of carbonyl (C=O) groups is 2. The number of nitrogens with zero attached hydrogens (tertiary/aromatic N) is 1. The molecule has 0 rings (SSSR count). The molecule has 4 nitrogen and oxygen atoms in total. The van der Waals surface area contributed by atoms with Crippen LogP contribution < -0.4 is 51.4 Å². The summed E-state index contributed by atoms with van der Waals surface area (Å²) in [6.07, 6.45) is 6.92. The zero-order valence-electron chi connectivity index (χ0n) is 11.8. The van der Waals surface area contributed by atoms with Crippen molar-refractivity contribution >= 4 is 12.3 Å². The molecule has 5 heteroatoms. The van der Waals surface area contributed by atoms with E-state index in [4.69, 9.17) is 10.00 Å². The van der Waals surface area contributed by atoms with Crippen LogP contribution in [0, 0.1) is 17.2 Å². The summed E-state index contributed by atoms with van der Waals surface area (Å²) in [5, 5.41) is 8.41. The molecule has 0 N–H and O–H groups in total. The van der Waals surface area contributed by atoms with E-state index in [-0.39, 0.29) is 52.8 Å². The number of hydrogen-bond acceptors (Lipinski definition) is 4. The summed E-state index contributed by atoms with van der Waals surface area (Å²) in [6.45, 7) is 2.46. The molecule has 0 radical (unpaired) electrons. The first kappa shape index (κ1) is 19.6. The van der Waals surface area contributed by atoms with Gasteiger partial charge in [-0.25, -0.2) is 0 Å². The largest absolute Gasteiger partial charge is 1.00 e. The van der Waals surface area contributed by atoms with Crippen LogP contribution in [0.5, 0.6) is 0 Å². The number of esters is 1. The minimum absolute atomic E-state index is 0. The van der Waals surface area contributed by atoms with Gasteiger partial charge in [-0.2, -0.15) is 5.26 Å². The molecule has 0 bridgehead atoms. The fourth-order valence-electron chi connectivity index (χ4n) is 1.28. The molecule has 92 valence electrons. The number of hydrogen-bond donors (Lipinski definition) is 0. The molecule has 0 aliphatic rings. The Labute approximate surface area is 147 Å². The normalized spacial score (nSPS) is 10.8. The molecule has 1 atom stereocenters. The topological polar surface area (TPSA) is 67.2 Å². The van der Waals surface area contributed by atoms with E-state index < -0.39 is 11.9 Å². The predicted molar refractivity (Wildman–Crippen MR) is 60.6 cm³/mol. The van der Waals surface area contributed by atoms with Crippen molar-refractivity contribution in [3.63, 3.8) is 0 Å². The van der Waals surface area contributed by atoms with Crippen molar-refractivity contribution in [2.75, 3.05) is 6.61 Å². The quantitative estimate of drug-likeness (QED) is 0.183. The van der Waals surface area contributed by atoms with Crippen LogP contribution >= 0.6 is 0 Å². The Balaban J connectivity index is -0.00000112. The Morgan fingerprint density at radius 1 is 1.35 bits per heavy atom. The zero-order valence-corrected chi connectivity index (χ0v) is 13.9. The third kappa shape index (κ3) is 11.1. The van der Waals surface area contributed by atoms with Gasteiger partial charge in [0.2, 0.25) is 0 Å². The Morgan fingerprint density at radius 3 is 2.47 bits per heavy atom. The average molecular weight is 265 g/mol. The maximum atomic E-state index is 11.1. The second kappa shape index (κ2) is 14.3. The molecular weight excluding hydrogens is 245 g/mol. The van der Waals surface area contributed by atoms with E-state index in [1.807, 2.05) is 0 Å². The molecule has 0 amide bonds. The van der Waals surface area contributed by atoms with Crippen LogP contribution in [-0.2, 0) is 14.3 Å². The van der Waals surface area contributed by atoms with E-state index >= 15 is 0 Å². The van der Waals surface area contributed by atoms with Crippen LogP contribution in [0.3, 0.4) is 0 Å². The molecule has 0 aromatic carbocycles. The van der Waals surface area contributed by atoms with Gasteiger partial charge in [-0.15, -0.1) is 0 Å². The number of carbonyl (C=O) groups excluding carboxylic acids is 2. The summed E-state index contributed by atoms with van der Waals surface area (Å²) >= 11 is 0. The number of rotatable bonds is 9. The molecule has 0 fully saturated rings. The van der Waals surface area contributed by atoms with Crippen molar-refractivity contribution in [1.82, 2.24) is 0 Å². The SMILES string of the molecule is CCCCCCCCOC(=O)C(C#N)C=O.[H-].[K+]. The predicted octanol–water partition coefficient (Wildman–Crippen LogP) is -0.655. The van der Waals surface area contributed by atoms with Crippen LogP contribution in [-0.4, -0.2) is 18.9 Å². The van der Waals surface area contributed by atoms with Crippen LogP contribution in [0.2, 0.25) is 0 Å². The first-order valence-electron chi connectivity index (χ1n) is 5.77. The summed E-state index contributed by atoms with van der Waals surface area (Å²) < 4.78 is 4.80. The summed E-state index contributed by atoms with van der Waals surface area (Å²) in [5.41, 5.74) is 0. The molecule has 17 heavy (non-hydrogen) atoms. The molecule has 0 aliphatic heterocycles. The van der Waals surface area contributed by atoms with Crippen LogP contribution in [0.15, 0.2) is 0 Å². The number of unbranched alkanes of at least 4 members (excludes halogenated alkanes) is 5. The van der Waals surface area contributed by atoms with Gasteiger partial charge in [0.15, 0.2) is 5.92 Å². The van der Waals surface area contributed by atoms with Crippen LogP contribution in [0.25, 0.3) is 0 Å². The number of ether oxygens (including phenoxy) is 1. The second-order valence-corrected chi connectivity index (χ2v) is 3.68. The van der Waals surface area contributed by atoms with Gasteiger partial charge in [-0.05, 0) is 6.42 Å². The molecule has 0 heterocycles. The van der Waals surface area contributed by atoms with E-state index in [1.165, 1.54) is 19.3 Å². The first-order chi connectivity index (χ1) is 7.76. The Hall–Kier alpha value is 0.266. The summed E-state index contributed by atoms with van der Waals surface area (Å²) in [6, 6.07) is 1.58. The molecule has 0 aliphatic carbocycles. The third-order valence-electron chi connectivity index (χ3n) is 2.27. The van der Waals surface area contributed by atoms with E-state index in [1.54, 1.807) is 6.07 Å². The van der Waals surface area contributed by atoms with Crippen molar-refractivity contribution in [2.45, 2.75) is 45.4 Å². The van der Waals surface area contributed by atoms with Crippen molar-refractivity contribution < 1.29 is 67.1 Å². The molecule has 0 aromatic rings. The van der Waals surface area contributed by atoms with E-state index in [0.717, 1.165) is 19.3 Å². The van der Waals surface area contributed by atoms with Gasteiger partial charge in [0.1, 0.15) is 6.29 Å². The maximum Gasteiger partial charge on any atom is 1.00 e. The molecule has 0 spiro atoms. The smallest absolute Gasteiger partial charge is 1.00 e.